The van der Waals surface area contributed by atoms with Gasteiger partial charge < -0.3 is 14.9 Å². The Balaban J connectivity index is 1.59. The Morgan fingerprint density at radius 1 is 1.13 bits per heavy atom. The third kappa shape index (κ3) is 2.97. The fraction of sp³-hybridized carbons (Fsp3) is 0.182. The summed E-state index contributed by atoms with van der Waals surface area (Å²) >= 11 is 0. The van der Waals surface area contributed by atoms with Gasteiger partial charge in [-0.05, 0) is 50.6 Å². The van der Waals surface area contributed by atoms with Gasteiger partial charge in [-0.2, -0.15) is 4.98 Å². The predicted octanol–water partition coefficient (Wildman–Crippen LogP) is 5.14. The molecule has 0 amide bonds. The summed E-state index contributed by atoms with van der Waals surface area (Å²) in [5, 5.41) is 3.97. The summed E-state index contributed by atoms with van der Waals surface area (Å²) in [6.45, 7) is 6.03. The minimum absolute atomic E-state index is 0.178. The monoisotopic (exact) mass is 401 g/mol. The topological polar surface area (TPSA) is 84.3 Å². The number of benzene rings is 1. The van der Waals surface area contributed by atoms with Crippen LogP contribution in [-0.4, -0.2) is 29.5 Å². The van der Waals surface area contributed by atoms with Crippen molar-refractivity contribution in [1.29, 1.82) is 0 Å². The minimum Gasteiger partial charge on any atom is -0.345 e. The van der Waals surface area contributed by atoms with Gasteiger partial charge in [0.05, 0.1) is 5.52 Å². The second-order valence-corrected chi connectivity index (χ2v) is 7.47. The smallest absolute Gasteiger partial charge is 0.229 e. The van der Waals surface area contributed by atoms with E-state index in [0.29, 0.717) is 17.1 Å². The molecule has 0 atom stereocenters. The van der Waals surface area contributed by atoms with E-state index >= 15 is 0 Å². The summed E-state index contributed by atoms with van der Waals surface area (Å²) in [7, 11) is 0. The molecule has 0 saturated carbocycles. The van der Waals surface area contributed by atoms with E-state index in [4.69, 9.17) is 0 Å². The minimum atomic E-state index is -0.337. The molecule has 4 aromatic heterocycles. The summed E-state index contributed by atoms with van der Waals surface area (Å²) < 4.78 is 16.9. The molecule has 0 radical (unpaired) electrons. The van der Waals surface area contributed by atoms with E-state index in [1.54, 1.807) is 18.6 Å². The molecule has 1 aromatic carbocycles. The van der Waals surface area contributed by atoms with Crippen LogP contribution in [0.25, 0.3) is 33.2 Å². The van der Waals surface area contributed by atoms with Gasteiger partial charge >= 0.3 is 0 Å². The Morgan fingerprint density at radius 3 is 2.70 bits per heavy atom. The van der Waals surface area contributed by atoms with Crippen molar-refractivity contribution in [1.82, 2.24) is 29.5 Å². The van der Waals surface area contributed by atoms with Gasteiger partial charge in [-0.1, -0.05) is 0 Å². The van der Waals surface area contributed by atoms with Crippen LogP contribution in [0.3, 0.4) is 0 Å². The lowest BCUT2D eigenvalue weighted by Gasteiger charge is -2.11. The van der Waals surface area contributed by atoms with Crippen molar-refractivity contribution >= 4 is 33.7 Å². The summed E-state index contributed by atoms with van der Waals surface area (Å²) in [6.07, 6.45) is 6.97. The molecule has 0 fully saturated rings. The SMILES string of the molecule is Cc1nc2c(F)cc(-c3c[nH]c4nc(Nc5ccncc5)ncc34)cc2n1C(C)C. The normalized spacial score (nSPS) is 11.6. The van der Waals surface area contributed by atoms with Crippen molar-refractivity contribution in [2.24, 2.45) is 0 Å². The van der Waals surface area contributed by atoms with Crippen molar-refractivity contribution in [3.05, 3.63) is 60.7 Å². The molecule has 0 saturated heterocycles. The first-order valence-electron chi connectivity index (χ1n) is 9.71. The highest BCUT2D eigenvalue weighted by molar-refractivity contribution is 5.96. The molecule has 0 aliphatic heterocycles. The molecule has 0 aliphatic rings. The number of aromatic amines is 1. The zero-order chi connectivity index (χ0) is 20.8. The fourth-order valence-electron chi connectivity index (χ4n) is 3.85. The zero-order valence-electron chi connectivity index (χ0n) is 16.8. The maximum absolute atomic E-state index is 14.9. The van der Waals surface area contributed by atoms with Crippen LogP contribution in [0.2, 0.25) is 0 Å². The molecule has 30 heavy (non-hydrogen) atoms. The van der Waals surface area contributed by atoms with Gasteiger partial charge in [-0.25, -0.2) is 14.4 Å². The second-order valence-electron chi connectivity index (χ2n) is 7.47. The van der Waals surface area contributed by atoms with E-state index < -0.39 is 0 Å². The molecule has 4 heterocycles. The third-order valence-electron chi connectivity index (χ3n) is 5.12. The number of aromatic nitrogens is 6. The molecule has 150 valence electrons. The van der Waals surface area contributed by atoms with E-state index in [9.17, 15) is 4.39 Å². The predicted molar refractivity (Wildman–Crippen MR) is 115 cm³/mol. The number of fused-ring (bicyclic) bond motifs is 2. The van der Waals surface area contributed by atoms with Crippen LogP contribution >= 0.6 is 0 Å². The van der Waals surface area contributed by atoms with E-state index in [2.05, 4.69) is 44.1 Å². The molecule has 0 unspecified atom stereocenters. The highest BCUT2D eigenvalue weighted by atomic mass is 19.1. The Bertz CT molecular complexity index is 1370. The molecular formula is C22H20FN7. The van der Waals surface area contributed by atoms with Crippen LogP contribution in [-0.2, 0) is 0 Å². The number of aryl methyl sites for hydroxylation is 1. The Morgan fingerprint density at radius 2 is 1.93 bits per heavy atom. The van der Waals surface area contributed by atoms with Gasteiger partial charge in [0.2, 0.25) is 5.95 Å². The Kier molecular flexibility index (Phi) is 4.20. The number of nitrogens with zero attached hydrogens (tertiary/aromatic N) is 5. The molecule has 0 spiro atoms. The first kappa shape index (κ1) is 18.2. The number of hydrogen-bond acceptors (Lipinski definition) is 5. The number of hydrogen-bond donors (Lipinski definition) is 2. The second kappa shape index (κ2) is 6.91. The van der Waals surface area contributed by atoms with E-state index in [1.807, 2.05) is 35.9 Å². The average Bonchev–Trinajstić information content (AvgIpc) is 3.29. The third-order valence-corrected chi connectivity index (χ3v) is 5.12. The lowest BCUT2D eigenvalue weighted by Crippen LogP contribution is -2.02. The number of rotatable bonds is 4. The number of H-pyrrole nitrogens is 1. The first-order valence-corrected chi connectivity index (χ1v) is 9.71. The molecule has 2 N–H and O–H groups in total. The van der Waals surface area contributed by atoms with Crippen molar-refractivity contribution in [3.8, 4) is 11.1 Å². The van der Waals surface area contributed by atoms with Gasteiger partial charge in [-0.3, -0.25) is 4.98 Å². The zero-order valence-corrected chi connectivity index (χ0v) is 16.8. The van der Waals surface area contributed by atoms with E-state index in [-0.39, 0.29) is 11.9 Å². The fourth-order valence-corrected chi connectivity index (χ4v) is 3.85. The van der Waals surface area contributed by atoms with Crippen LogP contribution in [0.15, 0.2) is 49.1 Å². The maximum atomic E-state index is 14.9. The van der Waals surface area contributed by atoms with E-state index in [0.717, 1.165) is 33.5 Å². The van der Waals surface area contributed by atoms with Gasteiger partial charge in [0.1, 0.15) is 17.0 Å². The Hall–Kier alpha value is -3.81. The van der Waals surface area contributed by atoms with E-state index in [1.165, 1.54) is 6.07 Å². The van der Waals surface area contributed by atoms with Crippen molar-refractivity contribution < 1.29 is 4.39 Å². The molecular weight excluding hydrogens is 381 g/mol. The number of imidazole rings is 1. The number of anilines is 2. The van der Waals surface area contributed by atoms with Gasteiger partial charge in [0.25, 0.3) is 0 Å². The molecule has 8 heteroatoms. The average molecular weight is 401 g/mol. The summed E-state index contributed by atoms with van der Waals surface area (Å²) in [4.78, 5) is 20.5. The van der Waals surface area contributed by atoms with Crippen LogP contribution < -0.4 is 5.32 Å². The number of pyridine rings is 1. The number of halogens is 1. The van der Waals surface area contributed by atoms with Gasteiger partial charge in [0.15, 0.2) is 5.82 Å². The van der Waals surface area contributed by atoms with Crippen LogP contribution in [0.5, 0.6) is 0 Å². The Labute approximate surface area is 172 Å². The summed E-state index contributed by atoms with van der Waals surface area (Å²) in [5.41, 5.74) is 4.29. The lowest BCUT2D eigenvalue weighted by atomic mass is 10.1. The highest BCUT2D eigenvalue weighted by Crippen LogP contribution is 2.33. The van der Waals surface area contributed by atoms with Crippen LogP contribution in [0, 0.1) is 12.7 Å². The quantitative estimate of drug-likeness (QED) is 0.435. The molecule has 0 aliphatic carbocycles. The standard InChI is InChI=1S/C22H20FN7/c1-12(2)30-13(3)27-20-18(23)8-14(9-19(20)30)16-10-25-21-17(16)11-26-22(29-21)28-15-4-6-24-7-5-15/h4-12H,1-3H3,(H2,24,25,26,28,29). The largest absolute Gasteiger partial charge is 0.345 e. The molecule has 7 nitrogen and oxygen atoms in total. The first-order chi connectivity index (χ1) is 14.5. The summed E-state index contributed by atoms with van der Waals surface area (Å²) in [6, 6.07) is 7.35. The molecule has 5 aromatic rings. The van der Waals surface area contributed by atoms with Crippen LogP contribution in [0.1, 0.15) is 25.7 Å². The maximum Gasteiger partial charge on any atom is 0.229 e. The van der Waals surface area contributed by atoms with Crippen molar-refractivity contribution in [2.45, 2.75) is 26.8 Å². The van der Waals surface area contributed by atoms with Crippen LogP contribution in [0.4, 0.5) is 16.0 Å². The van der Waals surface area contributed by atoms with Gasteiger partial charge in [0, 0.05) is 47.5 Å². The molecule has 5 rings (SSSR count). The summed E-state index contributed by atoms with van der Waals surface area (Å²) in [5.74, 6) is 0.929. The van der Waals surface area contributed by atoms with Crippen molar-refractivity contribution in [3.63, 3.8) is 0 Å². The number of nitrogens with one attached hydrogen (secondary N) is 2. The van der Waals surface area contributed by atoms with Gasteiger partial charge in [-0.15, -0.1) is 0 Å². The molecule has 0 bridgehead atoms. The van der Waals surface area contributed by atoms with Crippen molar-refractivity contribution in [2.75, 3.05) is 5.32 Å². The highest BCUT2D eigenvalue weighted by Gasteiger charge is 2.17. The lowest BCUT2D eigenvalue weighted by molar-refractivity contribution is 0.600.